The van der Waals surface area contributed by atoms with Gasteiger partial charge in [-0.15, -0.1) is 0 Å². The van der Waals surface area contributed by atoms with Crippen molar-refractivity contribution in [2.45, 2.75) is 18.9 Å². The molecule has 1 aliphatic carbocycles. The van der Waals surface area contributed by atoms with Crippen LogP contribution in [0.5, 0.6) is 17.2 Å². The number of hydrogen-bond donors (Lipinski definition) is 1. The number of ether oxygens (including phenoxy) is 3. The molecule has 2 aliphatic rings. The minimum atomic E-state index is -1.53. The molecule has 0 saturated heterocycles. The van der Waals surface area contributed by atoms with E-state index in [2.05, 4.69) is 5.32 Å². The molecule has 8 heteroatoms. The summed E-state index contributed by atoms with van der Waals surface area (Å²) in [6, 6.07) is 10.3. The molecule has 0 amide bonds. The Balaban J connectivity index is 1.74. The van der Waals surface area contributed by atoms with Crippen molar-refractivity contribution in [3.05, 3.63) is 64.3 Å². The van der Waals surface area contributed by atoms with Crippen LogP contribution in [0.15, 0.2) is 48.2 Å². The van der Waals surface area contributed by atoms with Crippen molar-refractivity contribution in [1.29, 1.82) is 0 Å². The smallest absolute Gasteiger partial charge is 0.220 e. The van der Waals surface area contributed by atoms with E-state index < -0.39 is 11.5 Å². The van der Waals surface area contributed by atoms with Gasteiger partial charge in [-0.2, -0.15) is 0 Å². The second-order valence-corrected chi connectivity index (χ2v) is 8.12. The predicted molar refractivity (Wildman–Crippen MR) is 118 cm³/mol. The number of nitrogens with one attached hydrogen (secondary N) is 1. The van der Waals surface area contributed by atoms with Crippen molar-refractivity contribution in [3.8, 4) is 17.2 Å². The zero-order chi connectivity index (χ0) is 23.0. The second kappa shape index (κ2) is 8.31. The zero-order valence-electron chi connectivity index (χ0n) is 17.9. The summed E-state index contributed by atoms with van der Waals surface area (Å²) in [5, 5.41) is 3.13. The number of carbonyl (C=O) groups excluding carboxylic acids is 3. The minimum absolute atomic E-state index is 0.106. The Kier molecular flexibility index (Phi) is 5.69. The van der Waals surface area contributed by atoms with Gasteiger partial charge in [-0.3, -0.25) is 14.4 Å². The summed E-state index contributed by atoms with van der Waals surface area (Å²) in [5.41, 5.74) is -0.608. The van der Waals surface area contributed by atoms with Crippen LogP contribution in [0.2, 0.25) is 5.02 Å². The van der Waals surface area contributed by atoms with Gasteiger partial charge in [0, 0.05) is 30.0 Å². The van der Waals surface area contributed by atoms with Crippen molar-refractivity contribution in [2.24, 2.45) is 5.92 Å². The van der Waals surface area contributed by atoms with Crippen LogP contribution in [-0.4, -0.2) is 43.7 Å². The average molecular weight is 456 g/mol. The molecule has 0 fully saturated rings. The van der Waals surface area contributed by atoms with E-state index in [0.29, 0.717) is 11.3 Å². The number of methoxy groups -OCH3 is 2. The van der Waals surface area contributed by atoms with Crippen LogP contribution in [0, 0.1) is 5.92 Å². The quantitative estimate of drug-likeness (QED) is 0.665. The van der Waals surface area contributed by atoms with Crippen LogP contribution in [0.25, 0.3) is 0 Å². The maximum Gasteiger partial charge on any atom is 0.220 e. The normalized spacial score (nSPS) is 21.6. The largest absolute Gasteiger partial charge is 0.496 e. The van der Waals surface area contributed by atoms with Gasteiger partial charge in [0.25, 0.3) is 0 Å². The van der Waals surface area contributed by atoms with Gasteiger partial charge in [-0.25, -0.2) is 0 Å². The van der Waals surface area contributed by atoms with Gasteiger partial charge in [0.2, 0.25) is 11.4 Å². The first-order chi connectivity index (χ1) is 15.3. The van der Waals surface area contributed by atoms with Crippen LogP contribution >= 0.6 is 11.6 Å². The van der Waals surface area contributed by atoms with E-state index in [-0.39, 0.29) is 58.1 Å². The summed E-state index contributed by atoms with van der Waals surface area (Å²) in [4.78, 5) is 38.8. The van der Waals surface area contributed by atoms with Crippen LogP contribution < -0.4 is 19.5 Å². The highest BCUT2D eigenvalue weighted by Gasteiger charge is 2.58. The second-order valence-electron chi connectivity index (χ2n) is 7.74. The Morgan fingerprint density at radius 1 is 1.19 bits per heavy atom. The van der Waals surface area contributed by atoms with Gasteiger partial charge in [0.1, 0.15) is 22.1 Å². The minimum Gasteiger partial charge on any atom is -0.496 e. The summed E-state index contributed by atoms with van der Waals surface area (Å²) >= 11 is 6.46. The number of rotatable bonds is 6. The SMILES string of the molecule is COc1cc(OC)c2c(c1Cl)O[C@]1(C2=O)C(NCC(=O)c2ccccc2)=CC(=O)C[C@H]1C. The number of allylic oxidation sites excluding steroid dienone is 1. The predicted octanol–water partition coefficient (Wildman–Crippen LogP) is 3.64. The monoisotopic (exact) mass is 455 g/mol. The standard InChI is InChI=1S/C24H22ClNO6/c1-13-9-15(27)10-19(26-12-16(28)14-7-5-4-6-8-14)24(13)23(29)20-17(30-2)11-18(31-3)21(25)22(20)32-24/h4-8,10-11,13,26H,9,12H2,1-3H3/t13-,24+/m1/s1. The molecule has 7 nitrogen and oxygen atoms in total. The van der Waals surface area contributed by atoms with Crippen LogP contribution in [0.3, 0.4) is 0 Å². The van der Waals surface area contributed by atoms with Gasteiger partial charge >= 0.3 is 0 Å². The molecule has 1 N–H and O–H groups in total. The molecule has 0 saturated carbocycles. The van der Waals surface area contributed by atoms with Crippen LogP contribution in [-0.2, 0) is 4.79 Å². The maximum absolute atomic E-state index is 13.8. The van der Waals surface area contributed by atoms with Gasteiger partial charge in [-0.05, 0) is 0 Å². The highest BCUT2D eigenvalue weighted by molar-refractivity contribution is 6.35. The summed E-state index contributed by atoms with van der Waals surface area (Å²) in [5.74, 6) is -0.568. The number of fused-ring (bicyclic) bond motifs is 1. The topological polar surface area (TPSA) is 90.9 Å². The van der Waals surface area contributed by atoms with Crippen molar-refractivity contribution < 1.29 is 28.6 Å². The Labute approximate surface area is 190 Å². The lowest BCUT2D eigenvalue weighted by atomic mass is 9.74. The van der Waals surface area contributed by atoms with Crippen molar-refractivity contribution >= 4 is 29.0 Å². The lowest BCUT2D eigenvalue weighted by Gasteiger charge is -2.38. The van der Waals surface area contributed by atoms with E-state index in [9.17, 15) is 14.4 Å². The van der Waals surface area contributed by atoms with Crippen LogP contribution in [0.4, 0.5) is 0 Å². The summed E-state index contributed by atoms with van der Waals surface area (Å²) in [6.07, 6.45) is 1.44. The molecule has 0 radical (unpaired) electrons. The van der Waals surface area contributed by atoms with E-state index in [1.165, 1.54) is 26.4 Å². The maximum atomic E-state index is 13.8. The molecular formula is C24H22ClNO6. The lowest BCUT2D eigenvalue weighted by molar-refractivity contribution is -0.117. The fourth-order valence-electron chi connectivity index (χ4n) is 4.23. The molecule has 0 aromatic heterocycles. The summed E-state index contributed by atoms with van der Waals surface area (Å²) < 4.78 is 16.9. The van der Waals surface area contributed by atoms with Gasteiger partial charge in [0.15, 0.2) is 17.3 Å². The van der Waals surface area contributed by atoms with Crippen LogP contribution in [0.1, 0.15) is 34.1 Å². The molecule has 2 aromatic carbocycles. The average Bonchev–Trinajstić information content (AvgIpc) is 3.11. The van der Waals surface area contributed by atoms with Gasteiger partial charge in [0.05, 0.1) is 26.5 Å². The molecule has 1 aliphatic heterocycles. The molecule has 32 heavy (non-hydrogen) atoms. The number of ketones is 3. The third-order valence-electron chi connectivity index (χ3n) is 5.86. The lowest BCUT2D eigenvalue weighted by Crippen LogP contribution is -2.55. The summed E-state index contributed by atoms with van der Waals surface area (Å²) in [6.45, 7) is 1.64. The van der Waals surface area contributed by atoms with Crippen molar-refractivity contribution in [1.82, 2.24) is 5.32 Å². The Hall–Kier alpha value is -3.32. The molecule has 2 aromatic rings. The molecule has 2 atom stereocenters. The fourth-order valence-corrected chi connectivity index (χ4v) is 4.49. The molecule has 0 bridgehead atoms. The van der Waals surface area contributed by atoms with E-state index in [1.807, 2.05) is 6.07 Å². The van der Waals surface area contributed by atoms with E-state index >= 15 is 0 Å². The molecule has 1 heterocycles. The molecule has 166 valence electrons. The van der Waals surface area contributed by atoms with Crippen molar-refractivity contribution in [3.63, 3.8) is 0 Å². The first kappa shape index (κ1) is 21.9. The molecule has 0 unspecified atom stereocenters. The third-order valence-corrected chi connectivity index (χ3v) is 6.22. The highest BCUT2D eigenvalue weighted by Crippen LogP contribution is 2.53. The Bertz CT molecular complexity index is 1140. The first-order valence-electron chi connectivity index (χ1n) is 10.1. The van der Waals surface area contributed by atoms with Gasteiger partial charge < -0.3 is 19.5 Å². The zero-order valence-corrected chi connectivity index (χ0v) is 18.6. The van der Waals surface area contributed by atoms with Crippen molar-refractivity contribution in [2.75, 3.05) is 20.8 Å². The number of halogens is 1. The Morgan fingerprint density at radius 3 is 2.53 bits per heavy atom. The van der Waals surface area contributed by atoms with E-state index in [4.69, 9.17) is 25.8 Å². The summed E-state index contributed by atoms with van der Waals surface area (Å²) in [7, 11) is 2.88. The number of carbonyl (C=O) groups is 3. The number of Topliss-reactive ketones (excluding diaryl/α,β-unsaturated/α-hetero) is 2. The highest BCUT2D eigenvalue weighted by atomic mass is 35.5. The van der Waals surface area contributed by atoms with E-state index in [0.717, 1.165) is 0 Å². The fraction of sp³-hybridized carbons (Fsp3) is 0.292. The molecule has 4 rings (SSSR count). The van der Waals surface area contributed by atoms with Gasteiger partial charge in [-0.1, -0.05) is 48.9 Å². The Morgan fingerprint density at radius 2 is 1.88 bits per heavy atom. The first-order valence-corrected chi connectivity index (χ1v) is 10.5. The molecular weight excluding hydrogens is 434 g/mol. The molecule has 1 spiro atoms. The third kappa shape index (κ3) is 3.33. The van der Waals surface area contributed by atoms with E-state index in [1.54, 1.807) is 31.2 Å². The number of hydrogen-bond acceptors (Lipinski definition) is 7. The number of benzene rings is 2.